The Balaban J connectivity index is 1.48. The van der Waals surface area contributed by atoms with E-state index in [0.717, 1.165) is 27.6 Å². The Labute approximate surface area is 202 Å². The average molecular weight is 496 g/mol. The maximum atomic E-state index is 13.2. The SMILES string of the molecule is CCc1c(Oc2ncnc3[nH]ccc23)ccc(N2C(=O)CN(c3cncc(C(F)(F)F)c3)C2=O)c1C. The second kappa shape index (κ2) is 8.63. The molecule has 36 heavy (non-hydrogen) atoms. The van der Waals surface area contributed by atoms with Gasteiger partial charge in [-0.05, 0) is 48.7 Å². The van der Waals surface area contributed by atoms with Crippen molar-refractivity contribution in [2.24, 2.45) is 0 Å². The molecule has 4 heterocycles. The minimum Gasteiger partial charge on any atom is -0.438 e. The summed E-state index contributed by atoms with van der Waals surface area (Å²) in [6.45, 7) is 3.24. The quantitative estimate of drug-likeness (QED) is 0.390. The number of alkyl halides is 3. The third-order valence-corrected chi connectivity index (χ3v) is 5.97. The predicted octanol–water partition coefficient (Wildman–Crippen LogP) is 5.01. The number of amides is 3. The van der Waals surface area contributed by atoms with Gasteiger partial charge >= 0.3 is 12.2 Å². The van der Waals surface area contributed by atoms with E-state index in [-0.39, 0.29) is 5.69 Å². The van der Waals surface area contributed by atoms with Gasteiger partial charge in [0, 0.05) is 12.4 Å². The van der Waals surface area contributed by atoms with Gasteiger partial charge in [-0.2, -0.15) is 13.2 Å². The highest BCUT2D eigenvalue weighted by molar-refractivity contribution is 6.27. The van der Waals surface area contributed by atoms with Gasteiger partial charge in [-0.15, -0.1) is 0 Å². The number of carbonyl (C=O) groups is 2. The lowest BCUT2D eigenvalue weighted by molar-refractivity contribution is -0.137. The molecule has 0 radical (unpaired) electrons. The number of fused-ring (bicyclic) bond motifs is 1. The third kappa shape index (κ3) is 3.89. The van der Waals surface area contributed by atoms with E-state index in [2.05, 4.69) is 19.9 Å². The molecule has 4 aromatic rings. The summed E-state index contributed by atoms with van der Waals surface area (Å²) in [6, 6.07) is 5.03. The fourth-order valence-electron chi connectivity index (χ4n) is 4.20. The molecule has 3 aromatic heterocycles. The fraction of sp³-hybridized carbons (Fsp3) is 0.208. The predicted molar refractivity (Wildman–Crippen MR) is 124 cm³/mol. The fourth-order valence-corrected chi connectivity index (χ4v) is 4.20. The Morgan fingerprint density at radius 3 is 2.69 bits per heavy atom. The highest BCUT2D eigenvalue weighted by Crippen LogP contribution is 2.37. The Kier molecular flexibility index (Phi) is 5.58. The monoisotopic (exact) mass is 496 g/mol. The summed E-state index contributed by atoms with van der Waals surface area (Å²) in [5.74, 6) is 0.277. The summed E-state index contributed by atoms with van der Waals surface area (Å²) in [6.07, 6.45) is 0.770. The number of H-pyrrole nitrogens is 1. The largest absolute Gasteiger partial charge is 0.438 e. The van der Waals surface area contributed by atoms with Crippen LogP contribution >= 0.6 is 0 Å². The first-order valence-corrected chi connectivity index (χ1v) is 10.9. The number of hydrogen-bond donors (Lipinski definition) is 1. The molecule has 3 amide bonds. The number of imide groups is 1. The van der Waals surface area contributed by atoms with Crippen LogP contribution in [-0.4, -0.2) is 38.4 Å². The molecule has 0 atom stereocenters. The van der Waals surface area contributed by atoms with Crippen LogP contribution in [0.4, 0.5) is 29.3 Å². The van der Waals surface area contributed by atoms with E-state index in [1.165, 1.54) is 6.33 Å². The van der Waals surface area contributed by atoms with E-state index < -0.39 is 30.2 Å². The lowest BCUT2D eigenvalue weighted by Crippen LogP contribution is -2.33. The maximum Gasteiger partial charge on any atom is 0.417 e. The number of urea groups is 1. The van der Waals surface area contributed by atoms with Gasteiger partial charge in [0.15, 0.2) is 0 Å². The molecule has 9 nitrogen and oxygen atoms in total. The van der Waals surface area contributed by atoms with Crippen molar-refractivity contribution in [3.05, 3.63) is 65.9 Å². The standard InChI is InChI=1S/C24H19F3N6O3/c1-3-16-13(2)18(4-5-19(16)36-22-17-6-7-29-21(17)30-12-31-22)33-20(34)11-32(23(33)35)15-8-14(9-28-10-15)24(25,26)27/h4-10,12H,3,11H2,1-2H3,(H,29,30,31). The zero-order chi connectivity index (χ0) is 25.6. The second-order valence-corrected chi connectivity index (χ2v) is 8.09. The zero-order valence-electron chi connectivity index (χ0n) is 19.1. The molecule has 0 aliphatic carbocycles. The number of aromatic nitrogens is 4. The molecule has 1 aliphatic heterocycles. The molecule has 0 unspecified atom stereocenters. The lowest BCUT2D eigenvalue weighted by Gasteiger charge is -2.21. The van der Waals surface area contributed by atoms with Crippen molar-refractivity contribution in [1.82, 2.24) is 19.9 Å². The average Bonchev–Trinajstić information content (AvgIpc) is 3.44. The molecule has 5 rings (SSSR count). The van der Waals surface area contributed by atoms with E-state index >= 15 is 0 Å². The number of aromatic amines is 1. The molecular weight excluding hydrogens is 477 g/mol. The van der Waals surface area contributed by atoms with Crippen molar-refractivity contribution < 1.29 is 27.5 Å². The van der Waals surface area contributed by atoms with E-state index in [9.17, 15) is 22.8 Å². The Morgan fingerprint density at radius 1 is 1.14 bits per heavy atom. The molecule has 0 saturated carbocycles. The third-order valence-electron chi connectivity index (χ3n) is 5.97. The first-order valence-electron chi connectivity index (χ1n) is 10.9. The van der Waals surface area contributed by atoms with Gasteiger partial charge in [0.1, 0.15) is 24.3 Å². The number of hydrogen-bond acceptors (Lipinski definition) is 6. The molecule has 12 heteroatoms. The summed E-state index contributed by atoms with van der Waals surface area (Å²) in [4.78, 5) is 42.9. The Hall–Kier alpha value is -4.48. The van der Waals surface area contributed by atoms with Crippen LogP contribution in [0.2, 0.25) is 0 Å². The van der Waals surface area contributed by atoms with E-state index in [1.807, 2.05) is 6.92 Å². The Morgan fingerprint density at radius 2 is 1.94 bits per heavy atom. The number of ether oxygens (including phenoxy) is 1. The van der Waals surface area contributed by atoms with Gasteiger partial charge in [0.2, 0.25) is 5.88 Å². The molecule has 1 aromatic carbocycles. The smallest absolute Gasteiger partial charge is 0.417 e. The molecular formula is C24H19F3N6O3. The summed E-state index contributed by atoms with van der Waals surface area (Å²) >= 11 is 0. The van der Waals surface area contributed by atoms with Crippen LogP contribution in [0.1, 0.15) is 23.6 Å². The number of anilines is 2. The molecule has 1 fully saturated rings. The molecule has 184 valence electrons. The van der Waals surface area contributed by atoms with Gasteiger partial charge < -0.3 is 9.72 Å². The summed E-state index contributed by atoms with van der Waals surface area (Å²) < 4.78 is 45.5. The van der Waals surface area contributed by atoms with Crippen LogP contribution in [0, 0.1) is 6.92 Å². The highest BCUT2D eigenvalue weighted by atomic mass is 19.4. The number of nitrogens with zero attached hydrogens (tertiary/aromatic N) is 5. The van der Waals surface area contributed by atoms with Crippen molar-refractivity contribution in [2.45, 2.75) is 26.4 Å². The molecule has 1 saturated heterocycles. The first-order chi connectivity index (χ1) is 17.2. The molecule has 1 N–H and O–H groups in total. The second-order valence-electron chi connectivity index (χ2n) is 8.09. The van der Waals surface area contributed by atoms with Gasteiger partial charge in [-0.1, -0.05) is 6.92 Å². The maximum absolute atomic E-state index is 13.2. The van der Waals surface area contributed by atoms with Crippen molar-refractivity contribution in [3.63, 3.8) is 0 Å². The minimum atomic E-state index is -4.63. The number of benzene rings is 1. The van der Waals surface area contributed by atoms with Crippen molar-refractivity contribution in [1.29, 1.82) is 0 Å². The van der Waals surface area contributed by atoms with Gasteiger partial charge in [-0.25, -0.2) is 19.7 Å². The molecule has 0 bridgehead atoms. The van der Waals surface area contributed by atoms with Crippen molar-refractivity contribution >= 4 is 34.3 Å². The number of rotatable bonds is 5. The van der Waals surface area contributed by atoms with Crippen molar-refractivity contribution in [2.75, 3.05) is 16.3 Å². The highest BCUT2D eigenvalue weighted by Gasteiger charge is 2.40. The van der Waals surface area contributed by atoms with Crippen molar-refractivity contribution in [3.8, 4) is 11.6 Å². The minimum absolute atomic E-state index is 0.113. The van der Waals surface area contributed by atoms with E-state index in [4.69, 9.17) is 4.74 Å². The van der Waals surface area contributed by atoms with Gasteiger partial charge in [0.05, 0.1) is 28.5 Å². The van der Waals surface area contributed by atoms with Crippen LogP contribution in [0.5, 0.6) is 11.6 Å². The van der Waals surface area contributed by atoms with Crippen LogP contribution in [0.3, 0.4) is 0 Å². The zero-order valence-corrected chi connectivity index (χ0v) is 19.1. The Bertz CT molecular complexity index is 1500. The van der Waals surface area contributed by atoms with Crippen LogP contribution in [0.25, 0.3) is 11.0 Å². The van der Waals surface area contributed by atoms with Crippen LogP contribution in [0.15, 0.2) is 49.2 Å². The molecule has 0 spiro atoms. The number of carbonyl (C=O) groups excluding carboxylic acids is 2. The van der Waals surface area contributed by atoms with Crippen LogP contribution in [-0.2, 0) is 17.4 Å². The number of halogens is 3. The summed E-state index contributed by atoms with van der Waals surface area (Å²) in [7, 11) is 0. The number of pyridine rings is 1. The van der Waals surface area contributed by atoms with E-state index in [0.29, 0.717) is 46.5 Å². The number of nitrogens with one attached hydrogen (secondary N) is 1. The molecule has 1 aliphatic rings. The normalized spacial score (nSPS) is 14.2. The van der Waals surface area contributed by atoms with Crippen LogP contribution < -0.4 is 14.5 Å². The lowest BCUT2D eigenvalue weighted by atomic mass is 10.0. The summed E-state index contributed by atoms with van der Waals surface area (Å²) in [5, 5.41) is 0.691. The van der Waals surface area contributed by atoms with Gasteiger partial charge in [0.25, 0.3) is 5.91 Å². The summed E-state index contributed by atoms with van der Waals surface area (Å²) in [5.41, 5.74) is 1.19. The first kappa shape index (κ1) is 23.3. The van der Waals surface area contributed by atoms with E-state index in [1.54, 1.807) is 31.3 Å². The topological polar surface area (TPSA) is 104 Å². The van der Waals surface area contributed by atoms with Gasteiger partial charge in [-0.3, -0.25) is 14.7 Å².